The Balaban J connectivity index is 1.22. The Morgan fingerprint density at radius 2 is 1.93 bits per heavy atom. The molecular formula is C31H31N5O4. The van der Waals surface area contributed by atoms with Crippen LogP contribution in [-0.2, 0) is 37.3 Å². The van der Waals surface area contributed by atoms with Gasteiger partial charge in [0.1, 0.15) is 0 Å². The van der Waals surface area contributed by atoms with Gasteiger partial charge >= 0.3 is 5.97 Å². The summed E-state index contributed by atoms with van der Waals surface area (Å²) in [7, 11) is 1.37. The maximum Gasteiger partial charge on any atom is 0.337 e. The first-order valence-electron chi connectivity index (χ1n) is 13.4. The number of benzene rings is 3. The quantitative estimate of drug-likeness (QED) is 0.260. The van der Waals surface area contributed by atoms with Gasteiger partial charge in [0.05, 0.1) is 25.8 Å². The highest BCUT2D eigenvalue weighted by Gasteiger charge is 2.28. The zero-order chi connectivity index (χ0) is 27.6. The number of hydrogen-bond acceptors (Lipinski definition) is 6. The van der Waals surface area contributed by atoms with Gasteiger partial charge < -0.3 is 20.1 Å². The first-order valence-corrected chi connectivity index (χ1v) is 13.4. The maximum absolute atomic E-state index is 13.4. The van der Waals surface area contributed by atoms with Gasteiger partial charge in [-0.05, 0) is 34.0 Å². The minimum absolute atomic E-state index is 0.0438. The third-order valence-corrected chi connectivity index (χ3v) is 7.64. The number of amides is 1. The van der Waals surface area contributed by atoms with Gasteiger partial charge in [0.25, 0.3) is 5.91 Å². The number of methoxy groups -OCH3 is 1. The molecule has 1 amide bonds. The van der Waals surface area contributed by atoms with Crippen LogP contribution in [0.5, 0.6) is 0 Å². The van der Waals surface area contributed by atoms with E-state index in [4.69, 9.17) is 4.74 Å². The molecule has 0 spiro atoms. The van der Waals surface area contributed by atoms with Crippen LogP contribution < -0.4 is 5.32 Å². The summed E-state index contributed by atoms with van der Waals surface area (Å²) in [6.45, 7) is 2.76. The van der Waals surface area contributed by atoms with Crippen LogP contribution in [0.4, 0.5) is 0 Å². The number of ether oxygens (including phenoxy) is 1. The van der Waals surface area contributed by atoms with Crippen LogP contribution in [-0.4, -0.2) is 56.9 Å². The fraction of sp³-hybridized carbons (Fsp3) is 0.258. The van der Waals surface area contributed by atoms with E-state index in [1.807, 2.05) is 36.5 Å². The van der Waals surface area contributed by atoms with E-state index in [9.17, 15) is 14.7 Å². The molecule has 0 bridgehead atoms. The molecule has 0 unspecified atom stereocenters. The summed E-state index contributed by atoms with van der Waals surface area (Å²) < 4.78 is 6.62. The number of nitrogens with one attached hydrogen (secondary N) is 2. The molecule has 0 saturated carbocycles. The zero-order valence-electron chi connectivity index (χ0n) is 22.3. The number of aromatic nitrogens is 3. The lowest BCUT2D eigenvalue weighted by atomic mass is 10.0. The summed E-state index contributed by atoms with van der Waals surface area (Å²) in [6.07, 6.45) is 2.70. The Kier molecular flexibility index (Phi) is 7.06. The van der Waals surface area contributed by atoms with Gasteiger partial charge in [-0.3, -0.25) is 14.4 Å². The Labute approximate surface area is 231 Å². The molecule has 3 N–H and O–H groups in total. The predicted molar refractivity (Wildman–Crippen MR) is 152 cm³/mol. The normalized spacial score (nSPS) is 13.4. The van der Waals surface area contributed by atoms with Crippen LogP contribution in [0.15, 0.2) is 66.9 Å². The molecule has 0 atom stereocenters. The van der Waals surface area contributed by atoms with Crippen LogP contribution >= 0.6 is 0 Å². The van der Waals surface area contributed by atoms with Crippen molar-refractivity contribution in [3.8, 4) is 0 Å². The lowest BCUT2D eigenvalue weighted by Gasteiger charge is -2.27. The van der Waals surface area contributed by atoms with E-state index in [2.05, 4.69) is 38.5 Å². The molecular weight excluding hydrogens is 506 g/mol. The van der Waals surface area contributed by atoms with Gasteiger partial charge in [0.15, 0.2) is 5.69 Å². The summed E-state index contributed by atoms with van der Waals surface area (Å²) >= 11 is 0. The molecule has 0 fully saturated rings. The fourth-order valence-corrected chi connectivity index (χ4v) is 5.65. The summed E-state index contributed by atoms with van der Waals surface area (Å²) in [5.41, 5.74) is 5.85. The minimum atomic E-state index is -0.368. The summed E-state index contributed by atoms with van der Waals surface area (Å²) in [4.78, 5) is 30.9. The number of fused-ring (bicyclic) bond motifs is 3. The van der Waals surface area contributed by atoms with Crippen molar-refractivity contribution in [1.82, 2.24) is 25.0 Å². The zero-order valence-corrected chi connectivity index (χ0v) is 22.3. The lowest BCUT2D eigenvalue weighted by molar-refractivity contribution is 0.0600. The van der Waals surface area contributed by atoms with Crippen LogP contribution in [0.2, 0.25) is 0 Å². The number of rotatable bonds is 8. The van der Waals surface area contributed by atoms with Crippen molar-refractivity contribution in [3.05, 3.63) is 101 Å². The van der Waals surface area contributed by atoms with Gasteiger partial charge in [-0.15, -0.1) is 0 Å². The van der Waals surface area contributed by atoms with E-state index in [0.717, 1.165) is 57.0 Å². The maximum atomic E-state index is 13.4. The average Bonchev–Trinajstić information content (AvgIpc) is 3.56. The van der Waals surface area contributed by atoms with Crippen LogP contribution in [0.1, 0.15) is 43.2 Å². The number of carbonyl (C=O) groups excluding carboxylic acids is 2. The summed E-state index contributed by atoms with van der Waals surface area (Å²) in [5.74, 6) is -0.585. The number of aromatic amines is 1. The Morgan fingerprint density at radius 3 is 2.77 bits per heavy atom. The van der Waals surface area contributed by atoms with Crippen molar-refractivity contribution in [2.24, 2.45) is 0 Å². The molecule has 6 rings (SSSR count). The molecule has 2 aromatic heterocycles. The number of carbonyl (C=O) groups is 2. The second-order valence-electron chi connectivity index (χ2n) is 10.1. The SMILES string of the molecule is COC(=O)c1ccc2c(CN3CCc4c(c(C(=O)NCc5cccc6ccccc56)nn4CCO)C3)c[nH]c2c1. The Morgan fingerprint density at radius 1 is 1.07 bits per heavy atom. The standard InChI is InChI=1S/C31H31N5O4/c1-40-31(39)21-9-10-25-23(17-32-27(25)15-21)18-35-12-11-28-26(19-35)29(34-36(28)13-14-37)30(38)33-16-22-7-4-6-20-5-2-3-8-24(20)22/h2-10,15,17,32,37H,11-14,16,18-19H2,1H3,(H,33,38). The van der Waals surface area contributed by atoms with Crippen LogP contribution in [0.25, 0.3) is 21.7 Å². The first kappa shape index (κ1) is 25.8. The van der Waals surface area contributed by atoms with E-state index >= 15 is 0 Å². The van der Waals surface area contributed by atoms with Gasteiger partial charge in [0, 0.05) is 61.0 Å². The van der Waals surface area contributed by atoms with E-state index in [1.54, 1.807) is 16.8 Å². The largest absolute Gasteiger partial charge is 0.465 e. The Hall–Kier alpha value is -4.47. The predicted octanol–water partition coefficient (Wildman–Crippen LogP) is 3.78. The van der Waals surface area contributed by atoms with Gasteiger partial charge in [-0.1, -0.05) is 48.5 Å². The smallest absolute Gasteiger partial charge is 0.337 e. The van der Waals surface area contributed by atoms with Crippen molar-refractivity contribution >= 4 is 33.6 Å². The number of H-pyrrole nitrogens is 1. The minimum Gasteiger partial charge on any atom is -0.465 e. The monoisotopic (exact) mass is 537 g/mol. The van der Waals surface area contributed by atoms with Crippen LogP contribution in [0, 0.1) is 0 Å². The molecule has 0 radical (unpaired) electrons. The molecule has 5 aromatic rings. The second kappa shape index (κ2) is 11.0. The van der Waals surface area contributed by atoms with E-state index in [0.29, 0.717) is 37.4 Å². The number of nitrogens with zero attached hydrogens (tertiary/aromatic N) is 3. The number of hydrogen-bond donors (Lipinski definition) is 3. The fourth-order valence-electron chi connectivity index (χ4n) is 5.65. The molecule has 9 nitrogen and oxygen atoms in total. The van der Waals surface area contributed by atoms with E-state index in [1.165, 1.54) is 7.11 Å². The van der Waals surface area contributed by atoms with Crippen molar-refractivity contribution in [1.29, 1.82) is 0 Å². The molecule has 204 valence electrons. The van der Waals surface area contributed by atoms with E-state index in [-0.39, 0.29) is 18.5 Å². The average molecular weight is 538 g/mol. The number of aliphatic hydroxyl groups is 1. The van der Waals surface area contributed by atoms with Crippen molar-refractivity contribution in [2.75, 3.05) is 20.3 Å². The molecule has 3 heterocycles. The lowest BCUT2D eigenvalue weighted by Crippen LogP contribution is -2.32. The van der Waals surface area contributed by atoms with Crippen molar-refractivity contribution in [3.63, 3.8) is 0 Å². The molecule has 9 heteroatoms. The highest BCUT2D eigenvalue weighted by molar-refractivity contribution is 5.96. The topological polar surface area (TPSA) is 112 Å². The van der Waals surface area contributed by atoms with Gasteiger partial charge in [-0.2, -0.15) is 5.10 Å². The highest BCUT2D eigenvalue weighted by atomic mass is 16.5. The molecule has 0 saturated heterocycles. The van der Waals surface area contributed by atoms with Crippen LogP contribution in [0.3, 0.4) is 0 Å². The number of aliphatic hydroxyl groups excluding tert-OH is 1. The highest BCUT2D eigenvalue weighted by Crippen LogP contribution is 2.27. The molecule has 0 aliphatic carbocycles. The van der Waals surface area contributed by atoms with Crippen molar-refractivity contribution in [2.45, 2.75) is 32.6 Å². The molecule has 1 aliphatic heterocycles. The molecule has 40 heavy (non-hydrogen) atoms. The summed E-state index contributed by atoms with van der Waals surface area (Å²) in [6, 6.07) is 19.7. The third kappa shape index (κ3) is 4.85. The van der Waals surface area contributed by atoms with Gasteiger partial charge in [0.2, 0.25) is 0 Å². The van der Waals surface area contributed by atoms with E-state index < -0.39 is 0 Å². The first-order chi connectivity index (χ1) is 19.6. The summed E-state index contributed by atoms with van der Waals surface area (Å²) in [5, 5.41) is 20.6. The molecule has 3 aromatic carbocycles. The third-order valence-electron chi connectivity index (χ3n) is 7.64. The van der Waals surface area contributed by atoms with Gasteiger partial charge in [-0.25, -0.2) is 4.79 Å². The molecule has 1 aliphatic rings. The van der Waals surface area contributed by atoms with Crippen molar-refractivity contribution < 1.29 is 19.4 Å². The second-order valence-corrected chi connectivity index (χ2v) is 10.1. The number of esters is 1. The Bertz CT molecular complexity index is 1710.